The Morgan fingerprint density at radius 2 is 1.90 bits per heavy atom. The van der Waals surface area contributed by atoms with Crippen molar-refractivity contribution in [1.29, 1.82) is 0 Å². The molecule has 1 heterocycles. The minimum Gasteiger partial charge on any atom is -0.494 e. The van der Waals surface area contributed by atoms with E-state index in [4.69, 9.17) is 27.9 Å². The maximum atomic E-state index is 12.6. The van der Waals surface area contributed by atoms with Gasteiger partial charge in [0.05, 0.1) is 17.2 Å². The molecule has 4 amide bonds. The van der Waals surface area contributed by atoms with E-state index in [9.17, 15) is 14.4 Å². The van der Waals surface area contributed by atoms with Crippen molar-refractivity contribution >= 4 is 52.8 Å². The molecule has 1 aliphatic rings. The van der Waals surface area contributed by atoms with Crippen LogP contribution in [0.2, 0.25) is 10.0 Å². The lowest BCUT2D eigenvalue weighted by Gasteiger charge is -2.12. The fraction of sp³-hybridized carbons (Fsp3) is 0.150. The zero-order valence-electron chi connectivity index (χ0n) is 15.6. The number of nitrogens with zero attached hydrogens (tertiary/aromatic N) is 1. The lowest BCUT2D eigenvalue weighted by molar-refractivity contribution is -0.127. The maximum absolute atomic E-state index is 12.6. The molecule has 0 unspecified atom stereocenters. The van der Waals surface area contributed by atoms with Crippen molar-refractivity contribution in [3.8, 4) is 5.75 Å². The molecule has 150 valence electrons. The summed E-state index contributed by atoms with van der Waals surface area (Å²) in [5.74, 6) is -0.806. The third-order valence-electron chi connectivity index (χ3n) is 4.10. The number of imide groups is 1. The Labute approximate surface area is 177 Å². The van der Waals surface area contributed by atoms with Gasteiger partial charge in [-0.05, 0) is 48.4 Å². The van der Waals surface area contributed by atoms with Gasteiger partial charge in [-0.25, -0.2) is 9.69 Å². The molecule has 0 atom stereocenters. The van der Waals surface area contributed by atoms with E-state index in [1.807, 2.05) is 13.0 Å². The summed E-state index contributed by atoms with van der Waals surface area (Å²) in [6.07, 6.45) is 1.43. The average molecular weight is 434 g/mol. The van der Waals surface area contributed by atoms with Crippen LogP contribution in [0, 0.1) is 6.92 Å². The molecule has 1 saturated heterocycles. The highest BCUT2D eigenvalue weighted by atomic mass is 35.5. The average Bonchev–Trinajstić information content (AvgIpc) is 2.89. The Kier molecular flexibility index (Phi) is 6.10. The number of aryl methyl sites for hydroxylation is 1. The highest BCUT2D eigenvalue weighted by Crippen LogP contribution is 2.34. The van der Waals surface area contributed by atoms with Crippen LogP contribution >= 0.6 is 23.2 Å². The monoisotopic (exact) mass is 433 g/mol. The molecule has 0 bridgehead atoms. The molecule has 2 aromatic rings. The first kappa shape index (κ1) is 20.7. The third-order valence-corrected chi connectivity index (χ3v) is 4.66. The highest BCUT2D eigenvalue weighted by Gasteiger charge is 2.35. The van der Waals surface area contributed by atoms with E-state index in [0.717, 1.165) is 10.5 Å². The van der Waals surface area contributed by atoms with Gasteiger partial charge in [-0.1, -0.05) is 35.3 Å². The van der Waals surface area contributed by atoms with E-state index in [1.54, 1.807) is 30.3 Å². The van der Waals surface area contributed by atoms with Crippen LogP contribution in [0.4, 0.5) is 10.5 Å². The molecule has 2 N–H and O–H groups in total. The second kappa shape index (κ2) is 8.55. The number of urea groups is 1. The Hall–Kier alpha value is -3.03. The first-order valence-electron chi connectivity index (χ1n) is 8.52. The largest absolute Gasteiger partial charge is 0.494 e. The summed E-state index contributed by atoms with van der Waals surface area (Å²) in [5, 5.41) is 5.64. The molecular weight excluding hydrogens is 417 g/mol. The second-order valence-electron chi connectivity index (χ2n) is 6.31. The third kappa shape index (κ3) is 4.70. The Morgan fingerprint density at radius 1 is 1.21 bits per heavy atom. The summed E-state index contributed by atoms with van der Waals surface area (Å²) in [6.45, 7) is 1.47. The van der Waals surface area contributed by atoms with Gasteiger partial charge in [0.1, 0.15) is 12.2 Å². The van der Waals surface area contributed by atoms with Gasteiger partial charge in [-0.15, -0.1) is 0 Å². The summed E-state index contributed by atoms with van der Waals surface area (Å²) in [6, 6.07) is 9.60. The van der Waals surface area contributed by atoms with Crippen LogP contribution in [0.25, 0.3) is 6.08 Å². The SMILES string of the molecule is COc1c(Cl)cc(/C=C2/NC(=O)N(CC(=O)Nc3cccc(C)c3)C2=O)cc1Cl. The summed E-state index contributed by atoms with van der Waals surface area (Å²) >= 11 is 12.2. The van der Waals surface area contributed by atoms with Crippen LogP contribution in [0.1, 0.15) is 11.1 Å². The van der Waals surface area contributed by atoms with Crippen LogP contribution in [0.3, 0.4) is 0 Å². The van der Waals surface area contributed by atoms with Crippen molar-refractivity contribution in [3.63, 3.8) is 0 Å². The van der Waals surface area contributed by atoms with Crippen LogP contribution in [-0.4, -0.2) is 36.4 Å². The second-order valence-corrected chi connectivity index (χ2v) is 7.13. The number of carbonyl (C=O) groups is 3. The number of benzene rings is 2. The van der Waals surface area contributed by atoms with E-state index in [2.05, 4.69) is 10.6 Å². The number of amides is 4. The standard InChI is InChI=1S/C20H17Cl2N3O4/c1-11-4-3-5-13(6-11)23-17(26)10-25-19(27)16(24-20(25)28)9-12-7-14(21)18(29-2)15(22)8-12/h3-9H,10H2,1-2H3,(H,23,26)(H,24,28)/b16-9+. The molecule has 1 fully saturated rings. The quantitative estimate of drug-likeness (QED) is 0.553. The molecular formula is C20H17Cl2N3O4. The Morgan fingerprint density at radius 3 is 2.52 bits per heavy atom. The van der Waals surface area contributed by atoms with Gasteiger partial charge in [0.2, 0.25) is 5.91 Å². The van der Waals surface area contributed by atoms with Crippen molar-refractivity contribution in [3.05, 3.63) is 63.3 Å². The molecule has 2 aromatic carbocycles. The van der Waals surface area contributed by atoms with Gasteiger partial charge in [0.25, 0.3) is 5.91 Å². The number of hydrogen-bond donors (Lipinski definition) is 2. The lowest BCUT2D eigenvalue weighted by Crippen LogP contribution is -2.38. The molecule has 0 spiro atoms. The van der Waals surface area contributed by atoms with Crippen molar-refractivity contribution in [2.24, 2.45) is 0 Å². The highest BCUT2D eigenvalue weighted by molar-refractivity contribution is 6.37. The number of carbonyl (C=O) groups excluding carboxylic acids is 3. The molecule has 1 aliphatic heterocycles. The zero-order valence-corrected chi connectivity index (χ0v) is 17.1. The molecule has 0 aromatic heterocycles. The van der Waals surface area contributed by atoms with Crippen molar-refractivity contribution in [1.82, 2.24) is 10.2 Å². The van der Waals surface area contributed by atoms with Gasteiger partial charge in [0.15, 0.2) is 5.75 Å². The van der Waals surface area contributed by atoms with Crippen LogP contribution in [0.15, 0.2) is 42.1 Å². The lowest BCUT2D eigenvalue weighted by atomic mass is 10.2. The number of rotatable bonds is 5. The van der Waals surface area contributed by atoms with Crippen molar-refractivity contribution in [2.75, 3.05) is 19.0 Å². The molecule has 3 rings (SSSR count). The predicted octanol–water partition coefficient (Wildman–Crippen LogP) is 3.84. The van der Waals surface area contributed by atoms with Gasteiger partial charge in [-0.3, -0.25) is 9.59 Å². The summed E-state index contributed by atoms with van der Waals surface area (Å²) < 4.78 is 5.08. The van der Waals surface area contributed by atoms with Crippen molar-refractivity contribution < 1.29 is 19.1 Å². The molecule has 0 saturated carbocycles. The number of hydrogen-bond acceptors (Lipinski definition) is 4. The number of ether oxygens (including phenoxy) is 1. The zero-order chi connectivity index (χ0) is 21.1. The van der Waals surface area contributed by atoms with Crippen LogP contribution in [0.5, 0.6) is 5.75 Å². The van der Waals surface area contributed by atoms with E-state index in [-0.39, 0.29) is 15.7 Å². The molecule has 29 heavy (non-hydrogen) atoms. The fourth-order valence-electron chi connectivity index (χ4n) is 2.81. The number of nitrogens with one attached hydrogen (secondary N) is 2. The van der Waals surface area contributed by atoms with Gasteiger partial charge < -0.3 is 15.4 Å². The van der Waals surface area contributed by atoms with Gasteiger partial charge in [0, 0.05) is 5.69 Å². The topological polar surface area (TPSA) is 87.7 Å². The van der Waals surface area contributed by atoms with Crippen LogP contribution in [-0.2, 0) is 9.59 Å². The molecule has 9 heteroatoms. The first-order chi connectivity index (χ1) is 13.8. The molecule has 0 radical (unpaired) electrons. The van der Waals surface area contributed by atoms with E-state index in [1.165, 1.54) is 13.2 Å². The molecule has 7 nitrogen and oxygen atoms in total. The molecule has 0 aliphatic carbocycles. The Balaban J connectivity index is 1.74. The predicted molar refractivity (Wildman–Crippen MR) is 111 cm³/mol. The normalized spacial score (nSPS) is 14.9. The first-order valence-corrected chi connectivity index (χ1v) is 9.28. The number of methoxy groups -OCH3 is 1. The summed E-state index contributed by atoms with van der Waals surface area (Å²) in [4.78, 5) is 37.8. The van der Waals surface area contributed by atoms with Gasteiger partial charge >= 0.3 is 6.03 Å². The minimum absolute atomic E-state index is 0.00987. The van der Waals surface area contributed by atoms with E-state index < -0.39 is 24.4 Å². The summed E-state index contributed by atoms with van der Waals surface area (Å²) in [7, 11) is 1.44. The van der Waals surface area contributed by atoms with Gasteiger partial charge in [-0.2, -0.15) is 0 Å². The maximum Gasteiger partial charge on any atom is 0.329 e. The smallest absolute Gasteiger partial charge is 0.329 e. The fourth-order valence-corrected chi connectivity index (χ4v) is 3.46. The minimum atomic E-state index is -0.689. The van der Waals surface area contributed by atoms with Crippen LogP contribution < -0.4 is 15.4 Å². The van der Waals surface area contributed by atoms with Crippen molar-refractivity contribution in [2.45, 2.75) is 6.92 Å². The van der Waals surface area contributed by atoms with E-state index >= 15 is 0 Å². The Bertz CT molecular complexity index is 1010. The number of anilines is 1. The van der Waals surface area contributed by atoms with E-state index in [0.29, 0.717) is 17.0 Å². The number of halogens is 2. The summed E-state index contributed by atoms with van der Waals surface area (Å²) in [5.41, 5.74) is 2.06.